The molecule has 86 valence electrons. The molecule has 0 saturated carbocycles. The monoisotopic (exact) mass is 202 g/mol. The number of ether oxygens (including phenoxy) is 1. The second kappa shape index (κ2) is 7.21. The number of hydrogen-bond donors (Lipinski definition) is 1. The van der Waals surface area contributed by atoms with Crippen molar-refractivity contribution in [1.82, 2.24) is 10.2 Å². The first-order valence-electron chi connectivity index (χ1n) is 5.41. The quantitative estimate of drug-likeness (QED) is 0.599. The maximum atomic E-state index is 5.62. The molecule has 3 nitrogen and oxygen atoms in total. The lowest BCUT2D eigenvalue weighted by atomic mass is 9.95. The van der Waals surface area contributed by atoms with E-state index in [1.165, 1.54) is 0 Å². The van der Waals surface area contributed by atoms with Crippen LogP contribution in [0.2, 0.25) is 0 Å². The lowest BCUT2D eigenvalue weighted by Gasteiger charge is -2.25. The zero-order valence-electron chi connectivity index (χ0n) is 10.4. The fourth-order valence-electron chi connectivity index (χ4n) is 1.11. The molecule has 0 unspecified atom stereocenters. The van der Waals surface area contributed by atoms with Crippen molar-refractivity contribution in [3.8, 4) is 0 Å². The molecule has 0 aromatic heterocycles. The van der Waals surface area contributed by atoms with Gasteiger partial charge in [0.15, 0.2) is 0 Å². The Morgan fingerprint density at radius 2 is 1.93 bits per heavy atom. The normalized spacial score (nSPS) is 12.4. The molecule has 0 aliphatic heterocycles. The molecule has 0 saturated heterocycles. The number of hydrogen-bond acceptors (Lipinski definition) is 3. The number of nitrogens with one attached hydrogen (secondary N) is 1. The van der Waals surface area contributed by atoms with Gasteiger partial charge in [0, 0.05) is 18.5 Å². The Morgan fingerprint density at radius 3 is 2.43 bits per heavy atom. The lowest BCUT2D eigenvalue weighted by molar-refractivity contribution is 0.0540. The van der Waals surface area contributed by atoms with E-state index in [4.69, 9.17) is 4.74 Å². The van der Waals surface area contributed by atoms with Crippen LogP contribution < -0.4 is 5.32 Å². The molecule has 0 aromatic carbocycles. The lowest BCUT2D eigenvalue weighted by Crippen LogP contribution is -2.34. The molecule has 0 aliphatic carbocycles. The summed E-state index contributed by atoms with van der Waals surface area (Å²) >= 11 is 0. The minimum absolute atomic E-state index is 0.238. The van der Waals surface area contributed by atoms with Crippen molar-refractivity contribution in [2.24, 2.45) is 5.41 Å². The highest BCUT2D eigenvalue weighted by molar-refractivity contribution is 4.70. The fraction of sp³-hybridized carbons (Fsp3) is 1.00. The maximum absolute atomic E-state index is 5.62. The standard InChI is InChI=1S/C11H26N2O/c1-6-12-9-11(2,3)10-14-8-7-13(4)5/h12H,6-10H2,1-5H3. The van der Waals surface area contributed by atoms with Crippen LogP contribution in [-0.4, -0.2) is 51.8 Å². The third-order valence-corrected chi connectivity index (χ3v) is 2.03. The molecule has 0 aromatic rings. The summed E-state index contributed by atoms with van der Waals surface area (Å²) in [6.07, 6.45) is 0. The Morgan fingerprint density at radius 1 is 1.29 bits per heavy atom. The van der Waals surface area contributed by atoms with E-state index >= 15 is 0 Å². The third kappa shape index (κ3) is 8.48. The zero-order valence-corrected chi connectivity index (χ0v) is 10.4. The summed E-state index contributed by atoms with van der Waals surface area (Å²) in [5.41, 5.74) is 0.238. The Labute approximate surface area is 88.8 Å². The molecule has 0 radical (unpaired) electrons. The van der Waals surface area contributed by atoms with Gasteiger partial charge in [-0.15, -0.1) is 0 Å². The van der Waals surface area contributed by atoms with Crippen LogP contribution in [0.5, 0.6) is 0 Å². The summed E-state index contributed by atoms with van der Waals surface area (Å²) in [5.74, 6) is 0. The molecule has 0 aliphatic rings. The Bertz CT molecular complexity index is 135. The van der Waals surface area contributed by atoms with Gasteiger partial charge >= 0.3 is 0 Å². The van der Waals surface area contributed by atoms with Crippen molar-refractivity contribution in [2.75, 3.05) is 46.9 Å². The van der Waals surface area contributed by atoms with Crippen molar-refractivity contribution in [2.45, 2.75) is 20.8 Å². The van der Waals surface area contributed by atoms with Crippen LogP contribution in [-0.2, 0) is 4.74 Å². The van der Waals surface area contributed by atoms with Crippen LogP contribution in [0.3, 0.4) is 0 Å². The van der Waals surface area contributed by atoms with E-state index in [1.54, 1.807) is 0 Å². The van der Waals surface area contributed by atoms with E-state index in [-0.39, 0.29) is 5.41 Å². The van der Waals surface area contributed by atoms with E-state index in [9.17, 15) is 0 Å². The summed E-state index contributed by atoms with van der Waals surface area (Å²) in [4.78, 5) is 2.14. The highest BCUT2D eigenvalue weighted by atomic mass is 16.5. The average Bonchev–Trinajstić information content (AvgIpc) is 2.09. The highest BCUT2D eigenvalue weighted by Gasteiger charge is 2.16. The van der Waals surface area contributed by atoms with Crippen LogP contribution in [0, 0.1) is 5.41 Å². The van der Waals surface area contributed by atoms with Crippen molar-refractivity contribution >= 4 is 0 Å². The molecule has 0 amide bonds. The van der Waals surface area contributed by atoms with E-state index in [0.717, 1.165) is 32.8 Å². The predicted octanol–water partition coefficient (Wildman–Crippen LogP) is 1.20. The minimum atomic E-state index is 0.238. The molecule has 0 bridgehead atoms. The largest absolute Gasteiger partial charge is 0.380 e. The highest BCUT2D eigenvalue weighted by Crippen LogP contribution is 2.13. The fourth-order valence-corrected chi connectivity index (χ4v) is 1.11. The van der Waals surface area contributed by atoms with Gasteiger partial charge in [-0.25, -0.2) is 0 Å². The van der Waals surface area contributed by atoms with Crippen molar-refractivity contribution in [3.05, 3.63) is 0 Å². The van der Waals surface area contributed by atoms with Gasteiger partial charge in [0.2, 0.25) is 0 Å². The smallest absolute Gasteiger partial charge is 0.0593 e. The number of likely N-dealkylation sites (N-methyl/N-ethyl adjacent to an activating group) is 1. The molecule has 0 heterocycles. The first-order valence-corrected chi connectivity index (χ1v) is 5.41. The van der Waals surface area contributed by atoms with Gasteiger partial charge in [-0.3, -0.25) is 0 Å². The minimum Gasteiger partial charge on any atom is -0.380 e. The summed E-state index contributed by atoms with van der Waals surface area (Å²) in [6, 6.07) is 0. The van der Waals surface area contributed by atoms with Gasteiger partial charge in [0.05, 0.1) is 13.2 Å². The van der Waals surface area contributed by atoms with Gasteiger partial charge in [0.1, 0.15) is 0 Å². The van der Waals surface area contributed by atoms with E-state index in [1.807, 2.05) is 0 Å². The van der Waals surface area contributed by atoms with Crippen LogP contribution in [0.1, 0.15) is 20.8 Å². The van der Waals surface area contributed by atoms with Crippen LogP contribution in [0.15, 0.2) is 0 Å². The molecule has 0 fully saturated rings. The van der Waals surface area contributed by atoms with Gasteiger partial charge < -0.3 is 15.0 Å². The Hall–Kier alpha value is -0.120. The second-order valence-corrected chi connectivity index (χ2v) is 4.80. The van der Waals surface area contributed by atoms with Crippen molar-refractivity contribution in [3.63, 3.8) is 0 Å². The van der Waals surface area contributed by atoms with Crippen molar-refractivity contribution in [1.29, 1.82) is 0 Å². The van der Waals surface area contributed by atoms with E-state index < -0.39 is 0 Å². The van der Waals surface area contributed by atoms with Crippen LogP contribution >= 0.6 is 0 Å². The average molecular weight is 202 g/mol. The number of rotatable bonds is 8. The Kier molecular flexibility index (Phi) is 7.15. The first-order chi connectivity index (χ1) is 6.48. The number of nitrogens with zero attached hydrogens (tertiary/aromatic N) is 1. The molecular weight excluding hydrogens is 176 g/mol. The summed E-state index contributed by atoms with van der Waals surface area (Å²) in [6.45, 7) is 11.3. The SMILES string of the molecule is CCNCC(C)(C)COCCN(C)C. The van der Waals surface area contributed by atoms with Gasteiger partial charge in [-0.2, -0.15) is 0 Å². The molecule has 0 atom stereocenters. The van der Waals surface area contributed by atoms with Gasteiger partial charge in [-0.05, 0) is 20.6 Å². The van der Waals surface area contributed by atoms with Crippen LogP contribution in [0.25, 0.3) is 0 Å². The molecular formula is C11H26N2O. The van der Waals surface area contributed by atoms with Crippen molar-refractivity contribution < 1.29 is 4.74 Å². The second-order valence-electron chi connectivity index (χ2n) is 4.80. The topological polar surface area (TPSA) is 24.5 Å². The maximum Gasteiger partial charge on any atom is 0.0593 e. The van der Waals surface area contributed by atoms with E-state index in [2.05, 4.69) is 45.1 Å². The Balaban J connectivity index is 3.44. The third-order valence-electron chi connectivity index (χ3n) is 2.03. The summed E-state index contributed by atoms with van der Waals surface area (Å²) in [7, 11) is 4.13. The summed E-state index contributed by atoms with van der Waals surface area (Å²) in [5, 5.41) is 3.35. The molecule has 3 heteroatoms. The first kappa shape index (κ1) is 13.9. The molecule has 0 rings (SSSR count). The molecule has 14 heavy (non-hydrogen) atoms. The van der Waals surface area contributed by atoms with Gasteiger partial charge in [-0.1, -0.05) is 20.8 Å². The summed E-state index contributed by atoms with van der Waals surface area (Å²) < 4.78 is 5.62. The van der Waals surface area contributed by atoms with Gasteiger partial charge in [0.25, 0.3) is 0 Å². The zero-order chi connectivity index (χ0) is 11.0. The van der Waals surface area contributed by atoms with E-state index in [0.29, 0.717) is 0 Å². The predicted molar refractivity (Wildman–Crippen MR) is 61.7 cm³/mol. The molecule has 1 N–H and O–H groups in total. The van der Waals surface area contributed by atoms with Crippen LogP contribution in [0.4, 0.5) is 0 Å². The molecule has 0 spiro atoms.